The first kappa shape index (κ1) is 18.9. The van der Waals surface area contributed by atoms with Gasteiger partial charge in [0.25, 0.3) is 11.8 Å². The van der Waals surface area contributed by atoms with E-state index in [1.165, 1.54) is 21.6 Å². The highest BCUT2D eigenvalue weighted by Gasteiger charge is 2.34. The van der Waals surface area contributed by atoms with E-state index in [0.717, 1.165) is 12.1 Å². The average Bonchev–Trinajstić information content (AvgIpc) is 2.99. The summed E-state index contributed by atoms with van der Waals surface area (Å²) in [4.78, 5) is 28.7. The molecule has 4 heteroatoms. The number of carbonyl (C=O) groups is 2. The average molecular weight is 384 g/mol. The van der Waals surface area contributed by atoms with Crippen LogP contribution in [0.3, 0.4) is 0 Å². The Morgan fingerprint density at radius 2 is 1.31 bits per heavy atom. The Morgan fingerprint density at radius 3 is 1.97 bits per heavy atom. The Morgan fingerprint density at radius 1 is 0.759 bits per heavy atom. The number of rotatable bonds is 6. The Hall–Kier alpha value is -3.40. The molecule has 0 atom stereocenters. The fourth-order valence-electron chi connectivity index (χ4n) is 3.86. The van der Waals surface area contributed by atoms with Gasteiger partial charge in [-0.1, -0.05) is 54.6 Å². The van der Waals surface area contributed by atoms with Crippen LogP contribution in [0.1, 0.15) is 37.4 Å². The minimum absolute atomic E-state index is 0.202. The van der Waals surface area contributed by atoms with E-state index in [2.05, 4.69) is 54.3 Å². The molecule has 0 spiro atoms. The standard InChI is InChI=1S/C25H24N2O2/c1-18-9-3-4-10-19(18)17-20-11-5-8-14-23(20)26(2)15-16-27-24(28)21-12-6-7-13-22(21)25(27)29/h3-14H,15-17H2,1-2H3. The Kier molecular flexibility index (Phi) is 5.17. The summed E-state index contributed by atoms with van der Waals surface area (Å²) in [5, 5.41) is 0. The van der Waals surface area contributed by atoms with E-state index in [-0.39, 0.29) is 11.8 Å². The van der Waals surface area contributed by atoms with Gasteiger partial charge in [0.15, 0.2) is 0 Å². The van der Waals surface area contributed by atoms with Gasteiger partial charge in [0.05, 0.1) is 11.1 Å². The number of hydrogen-bond acceptors (Lipinski definition) is 3. The number of anilines is 1. The molecule has 0 aromatic heterocycles. The van der Waals surface area contributed by atoms with Crippen molar-refractivity contribution in [2.75, 3.05) is 25.0 Å². The minimum Gasteiger partial charge on any atom is -0.373 e. The number of benzene rings is 3. The first-order valence-corrected chi connectivity index (χ1v) is 9.85. The molecule has 1 aliphatic rings. The summed E-state index contributed by atoms with van der Waals surface area (Å²) in [6.45, 7) is 3.07. The molecule has 29 heavy (non-hydrogen) atoms. The van der Waals surface area contributed by atoms with E-state index in [1.807, 2.05) is 13.1 Å². The summed E-state index contributed by atoms with van der Waals surface area (Å²) in [6.07, 6.45) is 0.847. The Bertz CT molecular complexity index is 1040. The van der Waals surface area contributed by atoms with Gasteiger partial charge >= 0.3 is 0 Å². The first-order valence-electron chi connectivity index (χ1n) is 9.85. The van der Waals surface area contributed by atoms with Gasteiger partial charge in [-0.3, -0.25) is 14.5 Å². The third kappa shape index (κ3) is 3.66. The van der Waals surface area contributed by atoms with E-state index >= 15 is 0 Å². The minimum atomic E-state index is -0.202. The Balaban J connectivity index is 1.49. The molecule has 0 fully saturated rings. The van der Waals surface area contributed by atoms with Crippen LogP contribution in [0, 0.1) is 6.92 Å². The molecule has 0 saturated heterocycles. The zero-order chi connectivity index (χ0) is 20.4. The maximum absolute atomic E-state index is 12.6. The SMILES string of the molecule is Cc1ccccc1Cc1ccccc1N(C)CCN1C(=O)c2ccccc2C1=O. The molecule has 4 nitrogen and oxygen atoms in total. The predicted octanol–water partition coefficient (Wildman–Crippen LogP) is 4.32. The van der Waals surface area contributed by atoms with Gasteiger partial charge in [0.2, 0.25) is 0 Å². The lowest BCUT2D eigenvalue weighted by atomic mass is 9.99. The molecule has 0 bridgehead atoms. The van der Waals surface area contributed by atoms with Gasteiger partial charge in [0, 0.05) is 25.8 Å². The zero-order valence-corrected chi connectivity index (χ0v) is 16.8. The van der Waals surface area contributed by atoms with Crippen LogP contribution in [0.2, 0.25) is 0 Å². The summed E-state index contributed by atoms with van der Waals surface area (Å²) in [7, 11) is 2.01. The van der Waals surface area contributed by atoms with Gasteiger partial charge in [-0.2, -0.15) is 0 Å². The fourth-order valence-corrected chi connectivity index (χ4v) is 3.86. The van der Waals surface area contributed by atoms with Crippen LogP contribution >= 0.6 is 0 Å². The van der Waals surface area contributed by atoms with Crippen molar-refractivity contribution in [1.29, 1.82) is 0 Å². The summed E-state index contributed by atoms with van der Waals surface area (Å²) in [5.41, 5.74) is 5.92. The quantitative estimate of drug-likeness (QED) is 0.595. The summed E-state index contributed by atoms with van der Waals surface area (Å²) in [5.74, 6) is -0.403. The van der Waals surface area contributed by atoms with Gasteiger partial charge in [-0.25, -0.2) is 0 Å². The smallest absolute Gasteiger partial charge is 0.261 e. The van der Waals surface area contributed by atoms with E-state index < -0.39 is 0 Å². The van der Waals surface area contributed by atoms with Crippen molar-refractivity contribution in [3.05, 3.63) is 101 Å². The van der Waals surface area contributed by atoms with Gasteiger partial charge < -0.3 is 4.90 Å². The first-order chi connectivity index (χ1) is 14.1. The van der Waals surface area contributed by atoms with Gasteiger partial charge in [-0.15, -0.1) is 0 Å². The van der Waals surface area contributed by atoms with Gasteiger partial charge in [0.1, 0.15) is 0 Å². The fraction of sp³-hybridized carbons (Fsp3) is 0.200. The van der Waals surface area contributed by atoms with Crippen molar-refractivity contribution in [2.24, 2.45) is 0 Å². The molecular formula is C25H24N2O2. The lowest BCUT2D eigenvalue weighted by Gasteiger charge is -2.25. The van der Waals surface area contributed by atoms with Gasteiger partial charge in [-0.05, 0) is 48.2 Å². The van der Waals surface area contributed by atoms with E-state index in [0.29, 0.717) is 24.2 Å². The largest absolute Gasteiger partial charge is 0.373 e. The van der Waals surface area contributed by atoms with Crippen molar-refractivity contribution in [3.63, 3.8) is 0 Å². The van der Waals surface area contributed by atoms with Crippen LogP contribution in [0.25, 0.3) is 0 Å². The molecular weight excluding hydrogens is 360 g/mol. The highest BCUT2D eigenvalue weighted by Crippen LogP contribution is 2.25. The molecule has 4 rings (SSSR count). The molecule has 0 aliphatic carbocycles. The number of aryl methyl sites for hydroxylation is 1. The number of amides is 2. The lowest BCUT2D eigenvalue weighted by Crippen LogP contribution is -2.37. The lowest BCUT2D eigenvalue weighted by molar-refractivity contribution is 0.0658. The van der Waals surface area contributed by atoms with Crippen molar-refractivity contribution in [3.8, 4) is 0 Å². The molecule has 1 heterocycles. The van der Waals surface area contributed by atoms with E-state index in [4.69, 9.17) is 0 Å². The topological polar surface area (TPSA) is 40.6 Å². The van der Waals surface area contributed by atoms with Crippen LogP contribution < -0.4 is 4.90 Å². The second kappa shape index (κ2) is 7.92. The van der Waals surface area contributed by atoms with Crippen LogP contribution in [-0.4, -0.2) is 36.9 Å². The Labute approximate surface area is 171 Å². The second-order valence-electron chi connectivity index (χ2n) is 7.46. The summed E-state index contributed by atoms with van der Waals surface area (Å²) in [6, 6.07) is 23.7. The molecule has 3 aromatic carbocycles. The van der Waals surface area contributed by atoms with E-state index in [9.17, 15) is 9.59 Å². The molecule has 0 saturated carbocycles. The number of fused-ring (bicyclic) bond motifs is 1. The van der Waals surface area contributed by atoms with Crippen LogP contribution in [0.15, 0.2) is 72.8 Å². The van der Waals surface area contributed by atoms with Crippen molar-refractivity contribution in [1.82, 2.24) is 4.90 Å². The number of carbonyl (C=O) groups excluding carboxylic acids is 2. The summed E-state index contributed by atoms with van der Waals surface area (Å²) < 4.78 is 0. The van der Waals surface area contributed by atoms with E-state index in [1.54, 1.807) is 24.3 Å². The zero-order valence-electron chi connectivity index (χ0n) is 16.8. The molecule has 0 N–H and O–H groups in total. The monoisotopic (exact) mass is 384 g/mol. The van der Waals surface area contributed by atoms with Crippen LogP contribution in [-0.2, 0) is 6.42 Å². The number of nitrogens with zero attached hydrogens (tertiary/aromatic N) is 2. The predicted molar refractivity (Wildman–Crippen MR) is 116 cm³/mol. The maximum Gasteiger partial charge on any atom is 0.261 e. The second-order valence-corrected chi connectivity index (χ2v) is 7.46. The third-order valence-corrected chi connectivity index (χ3v) is 5.58. The van der Waals surface area contributed by atoms with Crippen molar-refractivity contribution < 1.29 is 9.59 Å². The molecule has 0 unspecified atom stereocenters. The normalized spacial score (nSPS) is 13.0. The molecule has 146 valence electrons. The molecule has 1 aliphatic heterocycles. The number of hydrogen-bond donors (Lipinski definition) is 0. The number of imide groups is 1. The van der Waals surface area contributed by atoms with Crippen LogP contribution in [0.5, 0.6) is 0 Å². The van der Waals surface area contributed by atoms with Crippen molar-refractivity contribution in [2.45, 2.75) is 13.3 Å². The highest BCUT2D eigenvalue weighted by molar-refractivity contribution is 6.21. The van der Waals surface area contributed by atoms with Crippen LogP contribution in [0.4, 0.5) is 5.69 Å². The highest BCUT2D eigenvalue weighted by atomic mass is 16.2. The molecule has 2 amide bonds. The number of para-hydroxylation sites is 1. The maximum atomic E-state index is 12.6. The van der Waals surface area contributed by atoms with Crippen molar-refractivity contribution >= 4 is 17.5 Å². The summed E-state index contributed by atoms with van der Waals surface area (Å²) >= 11 is 0. The third-order valence-electron chi connectivity index (χ3n) is 5.58. The number of likely N-dealkylation sites (N-methyl/N-ethyl adjacent to an activating group) is 1. The molecule has 3 aromatic rings. The molecule has 0 radical (unpaired) electrons.